The molecular weight excluding hydrogens is 414 g/mol. The molecule has 0 saturated heterocycles. The molecule has 7 heteroatoms. The van der Waals surface area contributed by atoms with Crippen LogP contribution in [0.4, 0.5) is 5.82 Å². The highest BCUT2D eigenvalue weighted by atomic mass is 16.3. The highest BCUT2D eigenvalue weighted by Gasteiger charge is 2.33. The van der Waals surface area contributed by atoms with E-state index >= 15 is 0 Å². The van der Waals surface area contributed by atoms with E-state index in [1.54, 1.807) is 18.1 Å². The Labute approximate surface area is 191 Å². The fourth-order valence-electron chi connectivity index (χ4n) is 4.52. The molecule has 0 radical (unpaired) electrons. The molecule has 2 atom stereocenters. The number of benzene rings is 2. The maximum Gasteiger partial charge on any atom is 0.276 e. The fourth-order valence-corrected chi connectivity index (χ4v) is 4.52. The molecule has 1 aliphatic carbocycles. The third kappa shape index (κ3) is 3.91. The Kier molecular flexibility index (Phi) is 5.48. The molecule has 7 nitrogen and oxygen atoms in total. The van der Waals surface area contributed by atoms with E-state index in [1.807, 2.05) is 60.7 Å². The molecule has 166 valence electrons. The number of aromatic nitrogens is 3. The first-order chi connectivity index (χ1) is 16.0. The molecule has 2 aromatic heterocycles. The zero-order valence-corrected chi connectivity index (χ0v) is 18.3. The van der Waals surface area contributed by atoms with E-state index in [2.05, 4.69) is 9.97 Å². The van der Waals surface area contributed by atoms with Crippen molar-refractivity contribution in [2.24, 2.45) is 0 Å². The molecule has 1 amide bonds. The van der Waals surface area contributed by atoms with Gasteiger partial charge in [-0.15, -0.1) is 0 Å². The van der Waals surface area contributed by atoms with Crippen LogP contribution < -0.4 is 5.73 Å². The molecule has 1 saturated carbocycles. The first-order valence-corrected chi connectivity index (χ1v) is 11.1. The van der Waals surface area contributed by atoms with E-state index in [9.17, 15) is 9.90 Å². The SMILES string of the molecule is CN(C(=O)c1nc(-c2ccc3ncccc3c2)c(-c2ccccc2)nc1N)[C@H]1CCC[C@@H]1O. The first-order valence-electron chi connectivity index (χ1n) is 11.1. The third-order valence-corrected chi connectivity index (χ3v) is 6.31. The van der Waals surface area contributed by atoms with E-state index < -0.39 is 6.10 Å². The van der Waals surface area contributed by atoms with Gasteiger partial charge in [-0.05, 0) is 37.5 Å². The number of nitrogen functional groups attached to an aromatic ring is 1. The van der Waals surface area contributed by atoms with Crippen LogP contribution in [0.3, 0.4) is 0 Å². The van der Waals surface area contributed by atoms with Crippen molar-refractivity contribution in [2.45, 2.75) is 31.4 Å². The minimum atomic E-state index is -0.538. The molecule has 1 aliphatic rings. The normalized spacial score (nSPS) is 17.9. The molecule has 0 bridgehead atoms. The topological polar surface area (TPSA) is 105 Å². The lowest BCUT2D eigenvalue weighted by Gasteiger charge is -2.27. The van der Waals surface area contributed by atoms with Crippen LogP contribution in [0.5, 0.6) is 0 Å². The van der Waals surface area contributed by atoms with Crippen molar-refractivity contribution in [3.8, 4) is 22.5 Å². The first kappa shape index (κ1) is 21.0. The Morgan fingerprint density at radius 2 is 1.79 bits per heavy atom. The molecule has 1 fully saturated rings. The number of hydrogen-bond donors (Lipinski definition) is 2. The van der Waals surface area contributed by atoms with Gasteiger partial charge in [-0.2, -0.15) is 0 Å². The lowest BCUT2D eigenvalue weighted by Crippen LogP contribution is -2.42. The predicted molar refractivity (Wildman–Crippen MR) is 128 cm³/mol. The quantitative estimate of drug-likeness (QED) is 0.499. The van der Waals surface area contributed by atoms with E-state index in [-0.39, 0.29) is 23.5 Å². The Hall–Kier alpha value is -3.84. The Bertz CT molecular complexity index is 1330. The summed E-state index contributed by atoms with van der Waals surface area (Å²) in [4.78, 5) is 28.7. The highest BCUT2D eigenvalue weighted by Crippen LogP contribution is 2.33. The van der Waals surface area contributed by atoms with Crippen LogP contribution >= 0.6 is 0 Å². The minimum absolute atomic E-state index is 0.0735. The van der Waals surface area contributed by atoms with E-state index in [1.165, 1.54) is 0 Å². The molecule has 0 spiro atoms. The van der Waals surface area contributed by atoms with Crippen LogP contribution in [0.15, 0.2) is 66.9 Å². The van der Waals surface area contributed by atoms with Crippen molar-refractivity contribution in [3.05, 3.63) is 72.6 Å². The average Bonchev–Trinajstić information content (AvgIpc) is 3.29. The van der Waals surface area contributed by atoms with Gasteiger partial charge in [-0.25, -0.2) is 9.97 Å². The number of nitrogens with zero attached hydrogens (tertiary/aromatic N) is 4. The van der Waals surface area contributed by atoms with Gasteiger partial charge in [-0.1, -0.05) is 42.5 Å². The van der Waals surface area contributed by atoms with Crippen molar-refractivity contribution >= 4 is 22.6 Å². The summed E-state index contributed by atoms with van der Waals surface area (Å²) in [6.45, 7) is 0. The van der Waals surface area contributed by atoms with E-state index in [4.69, 9.17) is 10.7 Å². The molecule has 0 unspecified atom stereocenters. The van der Waals surface area contributed by atoms with Crippen molar-refractivity contribution in [1.29, 1.82) is 0 Å². The molecule has 2 heterocycles. The van der Waals surface area contributed by atoms with Gasteiger partial charge in [0.05, 0.1) is 29.1 Å². The Morgan fingerprint density at radius 1 is 1.00 bits per heavy atom. The van der Waals surface area contributed by atoms with Gasteiger partial charge in [0, 0.05) is 29.8 Å². The second kappa shape index (κ2) is 8.60. The number of carbonyl (C=O) groups is 1. The molecule has 3 N–H and O–H groups in total. The summed E-state index contributed by atoms with van der Waals surface area (Å²) in [7, 11) is 1.69. The Morgan fingerprint density at radius 3 is 2.55 bits per heavy atom. The van der Waals surface area contributed by atoms with Crippen LogP contribution in [0.1, 0.15) is 29.8 Å². The highest BCUT2D eigenvalue weighted by molar-refractivity contribution is 5.98. The maximum atomic E-state index is 13.4. The number of fused-ring (bicyclic) bond motifs is 1. The number of aliphatic hydroxyl groups excluding tert-OH is 1. The molecule has 4 aromatic rings. The number of carbonyl (C=O) groups excluding carboxylic acids is 1. The summed E-state index contributed by atoms with van der Waals surface area (Å²) in [5, 5.41) is 11.2. The van der Waals surface area contributed by atoms with Crippen LogP contribution in [-0.2, 0) is 0 Å². The van der Waals surface area contributed by atoms with Gasteiger partial charge < -0.3 is 15.7 Å². The second-order valence-corrected chi connectivity index (χ2v) is 8.41. The molecule has 5 rings (SSSR count). The summed E-state index contributed by atoms with van der Waals surface area (Å²) in [5.74, 6) is -0.265. The predicted octanol–water partition coefficient (Wildman–Crippen LogP) is 3.93. The zero-order valence-electron chi connectivity index (χ0n) is 18.3. The largest absolute Gasteiger partial charge is 0.391 e. The van der Waals surface area contributed by atoms with Crippen molar-refractivity contribution < 1.29 is 9.90 Å². The lowest BCUT2D eigenvalue weighted by molar-refractivity contribution is 0.0534. The molecule has 2 aromatic carbocycles. The second-order valence-electron chi connectivity index (χ2n) is 8.41. The van der Waals surface area contributed by atoms with Crippen LogP contribution in [0, 0.1) is 0 Å². The van der Waals surface area contributed by atoms with Gasteiger partial charge in [0.25, 0.3) is 5.91 Å². The monoisotopic (exact) mass is 439 g/mol. The molecule has 0 aliphatic heterocycles. The summed E-state index contributed by atoms with van der Waals surface area (Å²) < 4.78 is 0. The summed E-state index contributed by atoms with van der Waals surface area (Å²) in [5.41, 5.74) is 10.1. The van der Waals surface area contributed by atoms with Crippen LogP contribution in [0.2, 0.25) is 0 Å². The number of anilines is 1. The number of pyridine rings is 1. The lowest BCUT2D eigenvalue weighted by atomic mass is 10.0. The number of rotatable bonds is 4. The standard InChI is InChI=1S/C26H25N5O2/c1-31(20-10-5-11-21(20)32)26(33)24-25(27)30-22(16-7-3-2-4-8-16)23(29-24)18-12-13-19-17(15-18)9-6-14-28-19/h2-4,6-9,12-15,20-21,32H,5,10-11H2,1H3,(H2,27,30)/t20-,21-/m0/s1. The van der Waals surface area contributed by atoms with Crippen molar-refractivity contribution in [2.75, 3.05) is 12.8 Å². The molecule has 33 heavy (non-hydrogen) atoms. The van der Waals surface area contributed by atoms with Crippen LogP contribution in [0.25, 0.3) is 33.4 Å². The van der Waals surface area contributed by atoms with Crippen LogP contribution in [-0.4, -0.2) is 50.1 Å². The summed E-state index contributed by atoms with van der Waals surface area (Å²) >= 11 is 0. The number of nitrogens with two attached hydrogens (primary N) is 1. The van der Waals surface area contributed by atoms with Gasteiger partial charge in [0.15, 0.2) is 11.5 Å². The van der Waals surface area contributed by atoms with Crippen molar-refractivity contribution in [1.82, 2.24) is 19.9 Å². The average molecular weight is 440 g/mol. The maximum absolute atomic E-state index is 13.4. The van der Waals surface area contributed by atoms with Gasteiger partial charge in [0.2, 0.25) is 0 Å². The Balaban J connectivity index is 1.65. The summed E-state index contributed by atoms with van der Waals surface area (Å²) in [6.07, 6.45) is 3.54. The zero-order chi connectivity index (χ0) is 22.9. The summed E-state index contributed by atoms with van der Waals surface area (Å²) in [6, 6.07) is 19.1. The number of hydrogen-bond acceptors (Lipinski definition) is 6. The number of aliphatic hydroxyl groups is 1. The van der Waals surface area contributed by atoms with Gasteiger partial charge in [-0.3, -0.25) is 9.78 Å². The third-order valence-electron chi connectivity index (χ3n) is 6.31. The van der Waals surface area contributed by atoms with E-state index in [0.29, 0.717) is 17.8 Å². The molecular formula is C26H25N5O2. The van der Waals surface area contributed by atoms with Gasteiger partial charge >= 0.3 is 0 Å². The number of likely N-dealkylation sites (N-methyl/N-ethyl adjacent to an activating group) is 1. The smallest absolute Gasteiger partial charge is 0.276 e. The fraction of sp³-hybridized carbons (Fsp3) is 0.231. The van der Waals surface area contributed by atoms with E-state index in [0.717, 1.165) is 34.9 Å². The number of amides is 1. The van der Waals surface area contributed by atoms with Gasteiger partial charge in [0.1, 0.15) is 0 Å². The minimum Gasteiger partial charge on any atom is -0.391 e. The van der Waals surface area contributed by atoms with Crippen molar-refractivity contribution in [3.63, 3.8) is 0 Å².